The number of nitrogens with zero attached hydrogens (tertiary/aromatic N) is 4. The van der Waals surface area contributed by atoms with Crippen LogP contribution in [0.5, 0.6) is 0 Å². The van der Waals surface area contributed by atoms with Gasteiger partial charge in [0.2, 0.25) is 42.5 Å². The third-order valence-corrected chi connectivity index (χ3v) is 19.7. The van der Waals surface area contributed by atoms with Gasteiger partial charge >= 0.3 is 23.9 Å². The van der Waals surface area contributed by atoms with Gasteiger partial charge in [-0.25, -0.2) is 46.0 Å². The van der Waals surface area contributed by atoms with Crippen LogP contribution < -0.4 is 25.2 Å². The van der Waals surface area contributed by atoms with Crippen molar-refractivity contribution < 1.29 is 78.8 Å². The number of aliphatic carboxylic acids is 1. The Morgan fingerprint density at radius 2 is 0.804 bits per heavy atom. The fraction of sp³-hybridized carbons (Fsp3) is 0.415. The Labute approximate surface area is 664 Å². The highest BCUT2D eigenvalue weighted by molar-refractivity contribution is 7.89. The zero-order valence-corrected chi connectivity index (χ0v) is 67.9. The van der Waals surface area contributed by atoms with E-state index in [1.165, 1.54) is 32.5 Å². The van der Waals surface area contributed by atoms with Crippen LogP contribution in [0.2, 0.25) is 0 Å². The number of hydrogen-bond acceptors (Lipinski definition) is 20. The lowest BCUT2D eigenvalue weighted by Crippen LogP contribution is -2.39. The van der Waals surface area contributed by atoms with Gasteiger partial charge in [0.15, 0.2) is 0 Å². The molecule has 7 aromatic rings. The number of nitrogens with two attached hydrogens (primary N) is 1. The zero-order valence-electron chi connectivity index (χ0n) is 65.4. The Kier molecular flexibility index (Phi) is 45.3. The number of carbonyl (C=O) groups is 5. The second-order valence-corrected chi connectivity index (χ2v) is 32.3. The molecule has 30 heteroatoms. The summed E-state index contributed by atoms with van der Waals surface area (Å²) in [5.74, 6) is -1.57. The average Bonchev–Trinajstić information content (AvgIpc) is 1.28. The molecule has 0 aliphatic carbocycles. The fourth-order valence-corrected chi connectivity index (χ4v) is 12.9. The van der Waals surface area contributed by atoms with Crippen LogP contribution in [0, 0.1) is 6.57 Å². The standard InChI is InChI=1S/C24H33N3O4S.C13H20N2O.C12H17NO4S.C11H15NO4S.C11H11NO2.C11H15NO2.B/c1-26(23(21-6-4-3-5-7-21)18-27-15-13-22(28)17-27)24(29)16-20-10-8-19(9-11-20)12-14-25-32(2,30)31;1-14-13(11-5-3-2-4-6-11)10-15-8-7-12(16)9-15;1-17-12(14)9-11-5-3-10(4-6-11)7-8-13-18(2,15)16;1-17(15,16)12-7-6-9-2-4-10(5-3-9)8-11(13)14;1-12-8-10-5-3-9(4-6-10)7-11(13)14-2;1-14-11(13)8-10-4-2-9(3-5-10)6-7-12;/h3-11,22-23,25,28H,12-18H2,1-2H3;2-6,12-14,16H,7-10H2,1H3;3-6,13H,7-9H2,1-2H3;2-5,12H,6-8H2,1H3,(H,13,14);3-6H,7-8H2,2H3;2-5H,6-8,12H2,1H3;/t22-,23+;12-,13+;;;;;/m00...../s1. The maximum absolute atomic E-state index is 13.1. The summed E-state index contributed by atoms with van der Waals surface area (Å²) in [4.78, 5) is 66.1. The van der Waals surface area contributed by atoms with Crippen molar-refractivity contribution in [1.82, 2.24) is 34.2 Å². The zero-order chi connectivity index (χ0) is 81.8. The molecule has 0 saturated carbocycles. The van der Waals surface area contributed by atoms with E-state index in [0.29, 0.717) is 84.0 Å². The number of aliphatic hydroxyl groups is 2. The van der Waals surface area contributed by atoms with Crippen molar-refractivity contribution in [3.8, 4) is 0 Å². The quantitative estimate of drug-likeness (QED) is 0.0104. The second-order valence-electron chi connectivity index (χ2n) is 26.8. The Hall–Kier alpha value is -9.07. The topological polar surface area (TPSA) is 364 Å². The summed E-state index contributed by atoms with van der Waals surface area (Å²) in [5, 5.41) is 31.3. The highest BCUT2D eigenvalue weighted by Gasteiger charge is 2.29. The molecule has 2 saturated heterocycles. The molecule has 2 aliphatic rings. The molecule has 0 aromatic heterocycles. The van der Waals surface area contributed by atoms with E-state index in [4.69, 9.17) is 17.4 Å². The van der Waals surface area contributed by atoms with Crippen LogP contribution in [-0.2, 0) is 133 Å². The van der Waals surface area contributed by atoms with Crippen LogP contribution in [-0.4, -0.2) is 225 Å². The number of nitrogens with one attached hydrogen (secondary N) is 4. The first-order valence-electron chi connectivity index (χ1n) is 36.3. The van der Waals surface area contributed by atoms with E-state index >= 15 is 0 Å². The molecule has 607 valence electrons. The maximum atomic E-state index is 13.1. The number of carboxylic acids is 1. The third-order valence-electron chi connectivity index (χ3n) is 17.5. The Balaban J connectivity index is 0.000000359. The number of aliphatic hydroxyl groups excluding tert-OH is 2. The van der Waals surface area contributed by atoms with Crippen LogP contribution in [0.3, 0.4) is 0 Å². The van der Waals surface area contributed by atoms with Crippen LogP contribution in [0.4, 0.5) is 0 Å². The molecule has 4 atom stereocenters. The number of methoxy groups -OCH3 is 3. The minimum atomic E-state index is -3.19. The number of sulfonamides is 3. The summed E-state index contributed by atoms with van der Waals surface area (Å²) in [5.41, 5.74) is 17.4. The maximum Gasteiger partial charge on any atom is 0.309 e. The Morgan fingerprint density at radius 1 is 0.491 bits per heavy atom. The summed E-state index contributed by atoms with van der Waals surface area (Å²) < 4.78 is 86.7. The largest absolute Gasteiger partial charge is 0.481 e. The molecule has 0 bridgehead atoms. The molecule has 1 amide bonds. The van der Waals surface area contributed by atoms with Gasteiger partial charge in [-0.1, -0.05) is 182 Å². The monoisotopic (exact) mass is 1600 g/mol. The summed E-state index contributed by atoms with van der Waals surface area (Å²) in [7, 11) is -1.51. The molecule has 2 fully saturated rings. The predicted octanol–water partition coefficient (Wildman–Crippen LogP) is 5.84. The summed E-state index contributed by atoms with van der Waals surface area (Å²) >= 11 is 0. The molecule has 0 unspecified atom stereocenters. The molecule has 3 radical (unpaired) electrons. The lowest BCUT2D eigenvalue weighted by atomic mass is 10.0. The van der Waals surface area contributed by atoms with E-state index in [1.54, 1.807) is 12.1 Å². The van der Waals surface area contributed by atoms with Gasteiger partial charge in [-0.05, 0) is 113 Å². The fourth-order valence-electron chi connectivity index (χ4n) is 11.5. The van der Waals surface area contributed by atoms with Gasteiger partial charge in [0.05, 0.1) is 90.5 Å². The molecule has 7 aromatic carbocycles. The smallest absolute Gasteiger partial charge is 0.309 e. The van der Waals surface area contributed by atoms with Crippen LogP contribution in [0.25, 0.3) is 4.85 Å². The number of benzene rings is 7. The average molecular weight is 1600 g/mol. The number of carbonyl (C=O) groups excluding carboxylic acids is 4. The van der Waals surface area contributed by atoms with E-state index in [9.17, 15) is 59.4 Å². The first kappa shape index (κ1) is 97.1. The molecular formula is C82H111BN9O17S3. The third kappa shape index (κ3) is 42.5. The van der Waals surface area contributed by atoms with Gasteiger partial charge in [-0.15, -0.1) is 0 Å². The molecular weight excluding hydrogens is 1490 g/mol. The van der Waals surface area contributed by atoms with Crippen LogP contribution >= 0.6 is 0 Å². The van der Waals surface area contributed by atoms with Crippen LogP contribution in [0.1, 0.15) is 91.7 Å². The van der Waals surface area contributed by atoms with Gasteiger partial charge in [-0.3, -0.25) is 33.8 Å². The highest BCUT2D eigenvalue weighted by Crippen LogP contribution is 2.25. The van der Waals surface area contributed by atoms with Crippen molar-refractivity contribution in [2.24, 2.45) is 5.73 Å². The minimum Gasteiger partial charge on any atom is -0.481 e. The van der Waals surface area contributed by atoms with Crippen LogP contribution in [0.15, 0.2) is 182 Å². The molecule has 9 N–H and O–H groups in total. The minimum absolute atomic E-state index is 0. The van der Waals surface area contributed by atoms with Gasteiger partial charge < -0.3 is 50.3 Å². The molecule has 9 rings (SSSR count). The highest BCUT2D eigenvalue weighted by atomic mass is 32.2. The number of esters is 3. The number of likely N-dealkylation sites (tertiary alicyclic amines) is 2. The lowest BCUT2D eigenvalue weighted by molar-refractivity contribution is -0.140. The van der Waals surface area contributed by atoms with Crippen molar-refractivity contribution in [2.45, 2.75) is 101 Å². The SMILES string of the molecule is CN(C(=O)Cc1ccc(CCNS(C)(=O)=O)cc1)[C@H](CN1CC[C@H](O)C1)c1ccccc1.CN[C@H](CN1CC[C@H](O)C1)c1ccccc1.COC(=O)Cc1ccc(CCN)cc1.COC(=O)Cc1ccc(CCNS(C)(=O)=O)cc1.CS(=O)(=O)NCCc1ccc(CC(=O)O)cc1.[B].[C-]#[N+]Cc1ccc(CC(=O)OC)cc1. The van der Waals surface area contributed by atoms with Gasteiger partial charge in [0.25, 0.3) is 0 Å². The number of β-amino-alcohol motifs (C(OH)–C–C–N with tert-alkyl or cyclic N) is 2. The normalized spacial score (nSPS) is 14.4. The number of likely N-dealkylation sites (N-methyl/N-ethyl adjacent to an activating group) is 2. The second kappa shape index (κ2) is 52.3. The van der Waals surface area contributed by atoms with E-state index < -0.39 is 36.0 Å². The number of ether oxygens (including phenoxy) is 3. The summed E-state index contributed by atoms with van der Waals surface area (Å²) in [6.45, 7) is 13.7. The van der Waals surface area contributed by atoms with Crippen molar-refractivity contribution in [2.75, 3.05) is 120 Å². The van der Waals surface area contributed by atoms with Crippen molar-refractivity contribution in [3.05, 3.63) is 260 Å². The Morgan fingerprint density at radius 3 is 1.11 bits per heavy atom. The molecule has 0 spiro atoms. The molecule has 112 heavy (non-hydrogen) atoms. The van der Waals surface area contributed by atoms with E-state index in [-0.39, 0.29) is 69.7 Å². The van der Waals surface area contributed by atoms with Gasteiger partial charge in [-0.2, -0.15) is 0 Å². The first-order valence-corrected chi connectivity index (χ1v) is 42.0. The van der Waals surface area contributed by atoms with Gasteiger partial charge in [0.1, 0.15) is 0 Å². The predicted molar refractivity (Wildman–Crippen MR) is 437 cm³/mol. The number of hydrogen-bond donors (Lipinski definition) is 8. The van der Waals surface area contributed by atoms with E-state index in [0.717, 1.165) is 120 Å². The molecule has 2 aliphatic heterocycles. The first-order chi connectivity index (χ1) is 52.8. The lowest BCUT2D eigenvalue weighted by Gasteiger charge is -2.32. The Bertz CT molecular complexity index is 4310. The molecule has 2 heterocycles. The van der Waals surface area contributed by atoms with E-state index in [2.05, 4.69) is 72.6 Å². The van der Waals surface area contributed by atoms with Crippen molar-refractivity contribution >= 4 is 68.3 Å². The van der Waals surface area contributed by atoms with E-state index in [1.807, 2.05) is 165 Å². The van der Waals surface area contributed by atoms with Gasteiger partial charge in [0, 0.05) is 86.0 Å². The number of rotatable bonds is 33. The number of amides is 1. The summed E-state index contributed by atoms with van der Waals surface area (Å²) in [6, 6.07) is 58.3. The summed E-state index contributed by atoms with van der Waals surface area (Å²) in [6.07, 6.45) is 8.48. The molecule has 26 nitrogen and oxygen atoms in total. The van der Waals surface area contributed by atoms with Crippen molar-refractivity contribution in [3.63, 3.8) is 0 Å². The number of carboxylic acid groups (broad SMARTS) is 1. The van der Waals surface area contributed by atoms with Crippen molar-refractivity contribution in [1.29, 1.82) is 0 Å².